The standard InChI is InChI=1S/C29H34N6O5.ClH/c1-4-40-27(38)24(17(2)36)34-29(3,28(39)35-12-5-6-13-35)20-10-11-21-22(16-20)32-23(26(37)33-21)15-18-8-7-9-19(14-18)25(30)31;/h7-11,14,16,24,34H,4-6,12-13,15H2,1-3H3,(H3,30,31)(H,33,37);1H. The Labute approximate surface area is 243 Å². The van der Waals surface area contributed by atoms with Crippen molar-refractivity contribution in [3.8, 4) is 0 Å². The van der Waals surface area contributed by atoms with E-state index < -0.39 is 23.3 Å². The molecule has 0 bridgehead atoms. The first-order chi connectivity index (χ1) is 19.0. The van der Waals surface area contributed by atoms with Gasteiger partial charge in [-0.2, -0.15) is 0 Å². The van der Waals surface area contributed by atoms with Gasteiger partial charge in [-0.15, -0.1) is 12.4 Å². The number of halogens is 1. The number of hydrogen-bond donors (Lipinski definition) is 4. The van der Waals surface area contributed by atoms with Crippen LogP contribution in [0, 0.1) is 5.41 Å². The summed E-state index contributed by atoms with van der Waals surface area (Å²) >= 11 is 0. The molecule has 1 aromatic heterocycles. The topological polar surface area (TPSA) is 171 Å². The molecule has 1 aliphatic heterocycles. The SMILES string of the molecule is CCOC(=O)C(NC(C)(C(=O)N1CCCC1)c1ccc2[nH]c(=O)c(Cc3cccc(C(=N)N)c3)nc2c1)C(C)=O.Cl. The lowest BCUT2D eigenvalue weighted by Crippen LogP contribution is -2.60. The van der Waals surface area contributed by atoms with Gasteiger partial charge in [-0.05, 0) is 62.9 Å². The molecule has 12 heteroatoms. The summed E-state index contributed by atoms with van der Waals surface area (Å²) in [7, 11) is 0. The summed E-state index contributed by atoms with van der Waals surface area (Å²) in [6, 6.07) is 10.7. The number of likely N-dealkylation sites (tertiary alicyclic amines) is 1. The van der Waals surface area contributed by atoms with Crippen LogP contribution in [0.1, 0.15) is 56.0 Å². The number of carbonyl (C=O) groups is 3. The maximum absolute atomic E-state index is 13.9. The van der Waals surface area contributed by atoms with Crippen LogP contribution in [0.2, 0.25) is 0 Å². The number of amidine groups is 1. The van der Waals surface area contributed by atoms with Gasteiger partial charge in [0, 0.05) is 25.1 Å². The quantitative estimate of drug-likeness (QED) is 0.122. The monoisotopic (exact) mass is 582 g/mol. The summed E-state index contributed by atoms with van der Waals surface area (Å²) in [5.74, 6) is -1.58. The Morgan fingerprint density at radius 3 is 2.54 bits per heavy atom. The van der Waals surface area contributed by atoms with Crippen molar-refractivity contribution < 1.29 is 19.1 Å². The van der Waals surface area contributed by atoms with Crippen molar-refractivity contribution in [2.24, 2.45) is 5.73 Å². The minimum absolute atomic E-state index is 0. The number of aromatic amines is 1. The number of benzene rings is 2. The van der Waals surface area contributed by atoms with E-state index in [1.54, 1.807) is 55.1 Å². The number of nitrogen functional groups attached to an aromatic ring is 1. The van der Waals surface area contributed by atoms with Gasteiger partial charge in [-0.1, -0.05) is 24.3 Å². The predicted octanol–water partition coefficient (Wildman–Crippen LogP) is 2.17. The van der Waals surface area contributed by atoms with Crippen LogP contribution in [0.3, 0.4) is 0 Å². The largest absolute Gasteiger partial charge is 0.464 e. The third-order valence-electron chi connectivity index (χ3n) is 7.13. The van der Waals surface area contributed by atoms with Crippen molar-refractivity contribution in [1.82, 2.24) is 20.2 Å². The van der Waals surface area contributed by atoms with Gasteiger partial charge in [0.05, 0.1) is 17.6 Å². The number of esters is 1. The fraction of sp³-hybridized carbons (Fsp3) is 0.379. The van der Waals surface area contributed by atoms with Crippen molar-refractivity contribution in [3.05, 3.63) is 75.2 Å². The molecule has 218 valence electrons. The highest BCUT2D eigenvalue weighted by Crippen LogP contribution is 2.29. The highest BCUT2D eigenvalue weighted by Gasteiger charge is 2.43. The molecular weight excluding hydrogens is 548 g/mol. The van der Waals surface area contributed by atoms with E-state index in [2.05, 4.69) is 15.3 Å². The molecule has 0 aliphatic carbocycles. The van der Waals surface area contributed by atoms with E-state index in [1.165, 1.54) is 6.92 Å². The Balaban J connectivity index is 0.00000462. The average Bonchev–Trinajstić information content (AvgIpc) is 3.46. The fourth-order valence-corrected chi connectivity index (χ4v) is 4.94. The Morgan fingerprint density at radius 2 is 1.90 bits per heavy atom. The van der Waals surface area contributed by atoms with Crippen LogP contribution in [-0.2, 0) is 31.1 Å². The van der Waals surface area contributed by atoms with Crippen LogP contribution in [0.15, 0.2) is 47.3 Å². The number of Topliss-reactive ketones (excluding diaryl/α,β-unsaturated/α-hetero) is 1. The molecule has 0 spiro atoms. The Kier molecular flexibility index (Phi) is 10.0. The minimum Gasteiger partial charge on any atom is -0.464 e. The Bertz CT molecular complexity index is 1530. The second-order valence-corrected chi connectivity index (χ2v) is 10.1. The van der Waals surface area contributed by atoms with Crippen LogP contribution in [0.25, 0.3) is 11.0 Å². The lowest BCUT2D eigenvalue weighted by atomic mass is 9.88. The first-order valence-corrected chi connectivity index (χ1v) is 13.2. The summed E-state index contributed by atoms with van der Waals surface area (Å²) in [5, 5.41) is 10.7. The smallest absolute Gasteiger partial charge is 0.330 e. The molecule has 11 nitrogen and oxygen atoms in total. The summed E-state index contributed by atoms with van der Waals surface area (Å²) in [4.78, 5) is 61.0. The van der Waals surface area contributed by atoms with E-state index in [-0.39, 0.29) is 48.4 Å². The maximum Gasteiger partial charge on any atom is 0.330 e. The van der Waals surface area contributed by atoms with Gasteiger partial charge < -0.3 is 20.4 Å². The molecule has 4 rings (SSSR count). The number of H-pyrrole nitrogens is 1. The van der Waals surface area contributed by atoms with Crippen molar-refractivity contribution in [3.63, 3.8) is 0 Å². The van der Waals surface area contributed by atoms with E-state index in [9.17, 15) is 19.2 Å². The minimum atomic E-state index is -1.46. The summed E-state index contributed by atoms with van der Waals surface area (Å²) in [5.41, 5.74) is 6.73. The van der Waals surface area contributed by atoms with E-state index >= 15 is 0 Å². The molecule has 2 unspecified atom stereocenters. The number of hydrogen-bond acceptors (Lipinski definition) is 8. The predicted molar refractivity (Wildman–Crippen MR) is 157 cm³/mol. The number of nitrogens with zero attached hydrogens (tertiary/aromatic N) is 2. The second-order valence-electron chi connectivity index (χ2n) is 10.1. The van der Waals surface area contributed by atoms with Crippen LogP contribution in [0.5, 0.6) is 0 Å². The zero-order chi connectivity index (χ0) is 29.0. The number of nitrogens with two attached hydrogens (primary N) is 1. The van der Waals surface area contributed by atoms with Crippen molar-refractivity contribution >= 4 is 46.9 Å². The van der Waals surface area contributed by atoms with E-state index in [0.717, 1.165) is 18.4 Å². The molecule has 1 fully saturated rings. The second kappa shape index (κ2) is 13.0. The van der Waals surface area contributed by atoms with Crippen LogP contribution >= 0.6 is 12.4 Å². The third-order valence-corrected chi connectivity index (χ3v) is 7.13. The van der Waals surface area contributed by atoms with Gasteiger partial charge in [0.15, 0.2) is 11.8 Å². The zero-order valence-electron chi connectivity index (χ0n) is 23.3. The van der Waals surface area contributed by atoms with E-state index in [4.69, 9.17) is 15.9 Å². The van der Waals surface area contributed by atoms with Gasteiger partial charge >= 0.3 is 5.97 Å². The van der Waals surface area contributed by atoms with Crippen molar-refractivity contribution in [2.45, 2.75) is 51.6 Å². The van der Waals surface area contributed by atoms with Crippen molar-refractivity contribution in [2.75, 3.05) is 19.7 Å². The fourth-order valence-electron chi connectivity index (χ4n) is 4.94. The number of rotatable bonds is 10. The van der Waals surface area contributed by atoms with Gasteiger partial charge in [0.1, 0.15) is 17.1 Å². The van der Waals surface area contributed by atoms with Crippen molar-refractivity contribution in [1.29, 1.82) is 5.41 Å². The van der Waals surface area contributed by atoms with Gasteiger partial charge in [0.2, 0.25) is 5.91 Å². The number of fused-ring (bicyclic) bond motifs is 1. The molecule has 1 saturated heterocycles. The molecule has 2 atom stereocenters. The molecule has 1 aliphatic rings. The molecular formula is C29H35ClN6O5. The van der Waals surface area contributed by atoms with E-state index in [1.807, 2.05) is 6.07 Å². The number of nitrogens with one attached hydrogen (secondary N) is 3. The molecule has 41 heavy (non-hydrogen) atoms. The molecule has 2 heterocycles. The number of ketones is 1. The zero-order valence-corrected chi connectivity index (χ0v) is 24.1. The Morgan fingerprint density at radius 1 is 1.20 bits per heavy atom. The number of aromatic nitrogens is 2. The molecule has 3 aromatic rings. The molecule has 5 N–H and O–H groups in total. The van der Waals surface area contributed by atoms with Gasteiger partial charge in [-0.3, -0.25) is 25.1 Å². The molecule has 1 amide bonds. The van der Waals surface area contributed by atoms with Gasteiger partial charge in [-0.25, -0.2) is 9.78 Å². The number of ether oxygens (including phenoxy) is 1. The Hall–Kier alpha value is -4.09. The molecule has 2 aromatic carbocycles. The molecule has 0 saturated carbocycles. The summed E-state index contributed by atoms with van der Waals surface area (Å²) < 4.78 is 5.11. The van der Waals surface area contributed by atoms with E-state index in [0.29, 0.717) is 35.2 Å². The third kappa shape index (κ3) is 6.80. The first kappa shape index (κ1) is 31.4. The molecule has 0 radical (unpaired) electrons. The summed E-state index contributed by atoms with van der Waals surface area (Å²) in [6.07, 6.45) is 1.93. The summed E-state index contributed by atoms with van der Waals surface area (Å²) in [6.45, 7) is 5.80. The number of carbonyl (C=O) groups excluding carboxylic acids is 3. The average molecular weight is 583 g/mol. The highest BCUT2D eigenvalue weighted by atomic mass is 35.5. The lowest BCUT2D eigenvalue weighted by Gasteiger charge is -2.36. The lowest BCUT2D eigenvalue weighted by molar-refractivity contribution is -0.150. The normalized spacial score (nSPS) is 15.0. The van der Waals surface area contributed by atoms with Gasteiger partial charge in [0.25, 0.3) is 5.56 Å². The van der Waals surface area contributed by atoms with Crippen LogP contribution in [0.4, 0.5) is 0 Å². The van der Waals surface area contributed by atoms with Crippen LogP contribution < -0.4 is 16.6 Å². The number of amides is 1. The maximum atomic E-state index is 13.9. The first-order valence-electron chi connectivity index (χ1n) is 13.2. The highest BCUT2D eigenvalue weighted by molar-refractivity contribution is 6.03. The van der Waals surface area contributed by atoms with Crippen LogP contribution in [-0.4, -0.2) is 64.1 Å².